The minimum atomic E-state index is -0.541. The van der Waals surface area contributed by atoms with Gasteiger partial charge in [0.15, 0.2) is 0 Å². The van der Waals surface area contributed by atoms with Crippen molar-refractivity contribution in [3.05, 3.63) is 35.9 Å². The topological polar surface area (TPSA) is 64.6 Å². The Hall–Kier alpha value is -1.88. The summed E-state index contributed by atoms with van der Waals surface area (Å²) in [6.07, 6.45) is 3.59. The number of benzene rings is 1. The van der Waals surface area contributed by atoms with Crippen molar-refractivity contribution in [2.45, 2.75) is 64.3 Å². The van der Waals surface area contributed by atoms with Crippen molar-refractivity contribution in [3.63, 3.8) is 0 Å². The number of cyclic esters (lactones) is 1. The number of nitrogens with one attached hydrogen (secondary N) is 1. The minimum Gasteiger partial charge on any atom is -0.461 e. The second kappa shape index (κ2) is 8.67. The second-order valence-electron chi connectivity index (χ2n) is 5.97. The molecule has 0 aromatic heterocycles. The van der Waals surface area contributed by atoms with Crippen LogP contribution in [-0.4, -0.2) is 30.1 Å². The van der Waals surface area contributed by atoms with E-state index in [2.05, 4.69) is 12.2 Å². The van der Waals surface area contributed by atoms with Gasteiger partial charge in [-0.3, -0.25) is 14.9 Å². The molecule has 5 nitrogen and oxygen atoms in total. The fraction of sp³-hybridized carbons (Fsp3) is 0.556. The molecule has 1 fully saturated rings. The number of hydrogen-bond acceptors (Lipinski definition) is 5. The smallest absolute Gasteiger partial charge is 0.323 e. The molecule has 2 rings (SSSR count). The number of ether oxygens (including phenoxy) is 2. The molecule has 1 aromatic rings. The Morgan fingerprint density at radius 2 is 2.13 bits per heavy atom. The lowest BCUT2D eigenvalue weighted by molar-refractivity contribution is -0.148. The largest absolute Gasteiger partial charge is 0.461 e. The first-order chi connectivity index (χ1) is 11.1. The van der Waals surface area contributed by atoms with Gasteiger partial charge in [0.25, 0.3) is 0 Å². The van der Waals surface area contributed by atoms with Crippen molar-refractivity contribution in [1.29, 1.82) is 0 Å². The summed E-state index contributed by atoms with van der Waals surface area (Å²) in [5.41, 5.74) is 0.938. The lowest BCUT2D eigenvalue weighted by Crippen LogP contribution is -2.44. The third-order valence-corrected chi connectivity index (χ3v) is 3.97. The maximum atomic E-state index is 12.0. The van der Waals surface area contributed by atoms with Crippen LogP contribution in [0.5, 0.6) is 0 Å². The molecule has 1 saturated heterocycles. The Labute approximate surface area is 137 Å². The summed E-state index contributed by atoms with van der Waals surface area (Å²) >= 11 is 0. The summed E-state index contributed by atoms with van der Waals surface area (Å²) in [4.78, 5) is 23.9. The highest BCUT2D eigenvalue weighted by atomic mass is 16.6. The van der Waals surface area contributed by atoms with E-state index in [-0.39, 0.29) is 24.6 Å². The first kappa shape index (κ1) is 17.5. The van der Waals surface area contributed by atoms with Crippen molar-refractivity contribution in [3.8, 4) is 0 Å². The highest BCUT2D eigenvalue weighted by Gasteiger charge is 2.35. The Morgan fingerprint density at radius 1 is 1.39 bits per heavy atom. The molecule has 1 aliphatic heterocycles. The molecule has 0 saturated carbocycles. The Kier molecular flexibility index (Phi) is 6.59. The third-order valence-electron chi connectivity index (χ3n) is 3.97. The van der Waals surface area contributed by atoms with Crippen LogP contribution >= 0.6 is 0 Å². The molecule has 3 atom stereocenters. The number of carbonyl (C=O) groups excluding carboxylic acids is 2. The summed E-state index contributed by atoms with van der Waals surface area (Å²) in [6.45, 7) is 4.05. The molecule has 126 valence electrons. The maximum Gasteiger partial charge on any atom is 0.323 e. The van der Waals surface area contributed by atoms with Crippen molar-refractivity contribution in [2.75, 3.05) is 0 Å². The fourth-order valence-corrected chi connectivity index (χ4v) is 2.62. The van der Waals surface area contributed by atoms with Crippen LogP contribution in [0.4, 0.5) is 0 Å². The first-order valence-electron chi connectivity index (χ1n) is 8.27. The highest BCUT2D eigenvalue weighted by molar-refractivity contribution is 5.80. The molecule has 0 spiro atoms. The van der Waals surface area contributed by atoms with Gasteiger partial charge in [0.05, 0.1) is 0 Å². The van der Waals surface area contributed by atoms with E-state index in [9.17, 15) is 9.59 Å². The van der Waals surface area contributed by atoms with E-state index in [4.69, 9.17) is 9.47 Å². The average Bonchev–Trinajstić information content (AvgIpc) is 2.91. The zero-order chi connectivity index (χ0) is 16.7. The van der Waals surface area contributed by atoms with Gasteiger partial charge in [-0.1, -0.05) is 50.1 Å². The lowest BCUT2D eigenvalue weighted by Gasteiger charge is -2.16. The molecule has 1 N–H and O–H groups in total. The number of esters is 2. The predicted molar refractivity (Wildman–Crippen MR) is 86.6 cm³/mol. The van der Waals surface area contributed by atoms with Crippen LogP contribution in [0.2, 0.25) is 0 Å². The Bertz CT molecular complexity index is 517. The van der Waals surface area contributed by atoms with Gasteiger partial charge in [0.2, 0.25) is 0 Å². The molecule has 1 heterocycles. The van der Waals surface area contributed by atoms with Gasteiger partial charge < -0.3 is 9.47 Å². The van der Waals surface area contributed by atoms with E-state index in [0.717, 1.165) is 24.8 Å². The van der Waals surface area contributed by atoms with E-state index in [1.54, 1.807) is 6.92 Å². The third kappa shape index (κ3) is 5.36. The monoisotopic (exact) mass is 319 g/mol. The second-order valence-corrected chi connectivity index (χ2v) is 5.97. The molecule has 23 heavy (non-hydrogen) atoms. The molecular formula is C18H25NO4. The summed E-state index contributed by atoms with van der Waals surface area (Å²) < 4.78 is 10.6. The van der Waals surface area contributed by atoms with Gasteiger partial charge in [-0.25, -0.2) is 0 Å². The van der Waals surface area contributed by atoms with Gasteiger partial charge in [-0.2, -0.15) is 0 Å². The number of hydrogen-bond donors (Lipinski definition) is 1. The molecule has 2 unspecified atom stereocenters. The first-order valence-corrected chi connectivity index (χ1v) is 8.27. The molecule has 0 amide bonds. The zero-order valence-corrected chi connectivity index (χ0v) is 13.8. The zero-order valence-electron chi connectivity index (χ0n) is 13.8. The van der Waals surface area contributed by atoms with Gasteiger partial charge in [-0.15, -0.1) is 0 Å². The number of unbranched alkanes of at least 4 members (excludes halogenated alkanes) is 1. The van der Waals surface area contributed by atoms with Gasteiger partial charge in [0.1, 0.15) is 24.8 Å². The quantitative estimate of drug-likeness (QED) is 0.746. The van der Waals surface area contributed by atoms with Crippen LogP contribution in [0.3, 0.4) is 0 Å². The van der Waals surface area contributed by atoms with Crippen molar-refractivity contribution in [1.82, 2.24) is 5.32 Å². The van der Waals surface area contributed by atoms with E-state index < -0.39 is 12.1 Å². The fourth-order valence-electron chi connectivity index (χ4n) is 2.62. The summed E-state index contributed by atoms with van der Waals surface area (Å²) in [5, 5.41) is 3.02. The average molecular weight is 319 g/mol. The highest BCUT2D eigenvalue weighted by Crippen LogP contribution is 2.20. The SMILES string of the molecule is CCCCC1CC(N[C@@H](C)C(=O)OCc2ccccc2)C(=O)O1. The summed E-state index contributed by atoms with van der Waals surface area (Å²) in [5.74, 6) is -0.632. The molecule has 0 radical (unpaired) electrons. The van der Waals surface area contributed by atoms with E-state index in [1.807, 2.05) is 30.3 Å². The van der Waals surface area contributed by atoms with Gasteiger partial charge in [0, 0.05) is 6.42 Å². The van der Waals surface area contributed by atoms with E-state index in [0.29, 0.717) is 6.42 Å². The number of carbonyl (C=O) groups is 2. The van der Waals surface area contributed by atoms with Crippen molar-refractivity contribution >= 4 is 11.9 Å². The standard InChI is InChI=1S/C18H25NO4/c1-3-4-10-15-11-16(18(21)23-15)19-13(2)17(20)22-12-14-8-6-5-7-9-14/h5-9,13,15-16,19H,3-4,10-12H2,1-2H3/t13-,15?,16?/m0/s1. The molecule has 5 heteroatoms. The number of rotatable bonds is 8. The van der Waals surface area contributed by atoms with Gasteiger partial charge in [-0.05, 0) is 18.9 Å². The lowest BCUT2D eigenvalue weighted by atomic mass is 10.1. The van der Waals surface area contributed by atoms with E-state index >= 15 is 0 Å². The molecule has 1 aromatic carbocycles. The molecule has 0 aliphatic carbocycles. The molecular weight excluding hydrogens is 294 g/mol. The Morgan fingerprint density at radius 3 is 2.83 bits per heavy atom. The van der Waals surface area contributed by atoms with Crippen LogP contribution in [0.25, 0.3) is 0 Å². The predicted octanol–water partition coefficient (Wildman–Crippen LogP) is 2.58. The van der Waals surface area contributed by atoms with Crippen LogP contribution in [-0.2, 0) is 25.7 Å². The van der Waals surface area contributed by atoms with Crippen molar-refractivity contribution in [2.24, 2.45) is 0 Å². The minimum absolute atomic E-state index is 0.0347. The Balaban J connectivity index is 1.76. The van der Waals surface area contributed by atoms with Gasteiger partial charge >= 0.3 is 11.9 Å². The van der Waals surface area contributed by atoms with Crippen LogP contribution in [0.15, 0.2) is 30.3 Å². The summed E-state index contributed by atoms with van der Waals surface area (Å²) in [7, 11) is 0. The molecule has 0 bridgehead atoms. The molecule has 1 aliphatic rings. The van der Waals surface area contributed by atoms with Crippen LogP contribution < -0.4 is 5.32 Å². The van der Waals surface area contributed by atoms with Crippen LogP contribution in [0.1, 0.15) is 45.1 Å². The summed E-state index contributed by atoms with van der Waals surface area (Å²) in [6, 6.07) is 8.55. The van der Waals surface area contributed by atoms with Crippen molar-refractivity contribution < 1.29 is 19.1 Å². The van der Waals surface area contributed by atoms with E-state index in [1.165, 1.54) is 0 Å². The maximum absolute atomic E-state index is 12.0. The van der Waals surface area contributed by atoms with Crippen LogP contribution in [0, 0.1) is 0 Å². The normalized spacial score (nSPS) is 21.7.